The molecule has 0 radical (unpaired) electrons. The zero-order chi connectivity index (χ0) is 13.4. The maximum Gasteiger partial charge on any atom is 0.426 e. The van der Waals surface area contributed by atoms with Crippen molar-refractivity contribution in [3.8, 4) is 0 Å². The van der Waals surface area contributed by atoms with Crippen molar-refractivity contribution in [3.05, 3.63) is 12.2 Å². The molecule has 0 saturated heterocycles. The van der Waals surface area contributed by atoms with Crippen molar-refractivity contribution in [2.45, 2.75) is 24.4 Å². The van der Waals surface area contributed by atoms with Gasteiger partial charge in [0.25, 0.3) is 5.60 Å². The summed E-state index contributed by atoms with van der Waals surface area (Å²) in [5.41, 5.74) is -6.49. The van der Waals surface area contributed by atoms with E-state index in [2.05, 4.69) is 6.58 Å². The normalized spacial score (nSPS) is 13.7. The fourth-order valence-electron chi connectivity index (χ4n) is 0.746. The molecule has 0 unspecified atom stereocenters. The van der Waals surface area contributed by atoms with Crippen LogP contribution in [0.3, 0.4) is 0 Å². The van der Waals surface area contributed by atoms with E-state index < -0.39 is 35.9 Å². The number of aliphatic hydroxyl groups is 1. The third kappa shape index (κ3) is 2.65. The molecule has 0 aromatic rings. The molecule has 0 aromatic carbocycles. The number of hydrogen-bond donors (Lipinski definition) is 2. The average molecular weight is 252 g/mol. The molecule has 0 fully saturated rings. The summed E-state index contributed by atoms with van der Waals surface area (Å²) in [6.45, 7) is 2.51. The first kappa shape index (κ1) is 14.8. The minimum atomic E-state index is -6.04. The van der Waals surface area contributed by atoms with E-state index in [0.29, 0.717) is 0 Å². The quantitative estimate of drug-likeness (QED) is 0.595. The maximum absolute atomic E-state index is 12.0. The van der Waals surface area contributed by atoms with E-state index in [1.807, 2.05) is 0 Å². The molecule has 0 heterocycles. The number of halogens is 6. The van der Waals surface area contributed by atoms with E-state index in [4.69, 9.17) is 10.2 Å². The molecule has 0 aliphatic carbocycles. The zero-order valence-electron chi connectivity index (χ0n) is 7.48. The Kier molecular flexibility index (Phi) is 3.65. The number of carbonyl (C=O) groups is 1. The van der Waals surface area contributed by atoms with E-state index in [1.54, 1.807) is 0 Å². The van der Waals surface area contributed by atoms with Crippen LogP contribution in [0.5, 0.6) is 0 Å². The van der Waals surface area contributed by atoms with Crippen molar-refractivity contribution in [1.29, 1.82) is 0 Å². The SMILES string of the molecule is C=C(CC(O)(C(F)(F)F)C(F)(F)F)C(=O)O. The molecule has 2 N–H and O–H groups in total. The van der Waals surface area contributed by atoms with Crippen LogP contribution in [0.25, 0.3) is 0 Å². The highest BCUT2D eigenvalue weighted by atomic mass is 19.4. The highest BCUT2D eigenvalue weighted by Crippen LogP contribution is 2.46. The Bertz CT molecular complexity index is 288. The molecule has 0 bridgehead atoms. The molecular formula is C7H6F6O3. The Hall–Kier alpha value is -1.25. The summed E-state index contributed by atoms with van der Waals surface area (Å²) >= 11 is 0. The zero-order valence-corrected chi connectivity index (χ0v) is 7.48. The Morgan fingerprint density at radius 3 is 1.56 bits per heavy atom. The molecule has 0 atom stereocenters. The van der Waals surface area contributed by atoms with E-state index in [1.165, 1.54) is 0 Å². The molecule has 0 rings (SSSR count). The fraction of sp³-hybridized carbons (Fsp3) is 0.571. The van der Waals surface area contributed by atoms with Crippen molar-refractivity contribution in [2.24, 2.45) is 0 Å². The molecule has 0 aliphatic heterocycles. The van der Waals surface area contributed by atoms with Crippen LogP contribution in [-0.2, 0) is 4.79 Å². The number of carboxylic acid groups (broad SMARTS) is 1. The van der Waals surface area contributed by atoms with Gasteiger partial charge in [0.05, 0.1) is 0 Å². The van der Waals surface area contributed by atoms with Gasteiger partial charge in [-0.2, -0.15) is 26.3 Å². The lowest BCUT2D eigenvalue weighted by molar-refractivity contribution is -0.367. The summed E-state index contributed by atoms with van der Waals surface area (Å²) in [4.78, 5) is 10.1. The van der Waals surface area contributed by atoms with Crippen LogP contribution in [0.4, 0.5) is 26.3 Å². The molecular weight excluding hydrogens is 246 g/mol. The summed E-state index contributed by atoms with van der Waals surface area (Å²) in [5.74, 6) is -2.05. The van der Waals surface area contributed by atoms with Crippen LogP contribution in [0.2, 0.25) is 0 Å². The van der Waals surface area contributed by atoms with Crippen LogP contribution in [0.1, 0.15) is 6.42 Å². The van der Waals surface area contributed by atoms with Crippen LogP contribution < -0.4 is 0 Å². The predicted molar refractivity (Wildman–Crippen MR) is 38.5 cm³/mol. The first-order valence-corrected chi connectivity index (χ1v) is 3.60. The second-order valence-electron chi connectivity index (χ2n) is 2.94. The smallest absolute Gasteiger partial charge is 0.426 e. The molecule has 0 aromatic heterocycles. The van der Waals surface area contributed by atoms with E-state index in [-0.39, 0.29) is 0 Å². The Labute approximate surface area is 85.0 Å². The van der Waals surface area contributed by atoms with Gasteiger partial charge in [-0.15, -0.1) is 0 Å². The Morgan fingerprint density at radius 2 is 1.38 bits per heavy atom. The van der Waals surface area contributed by atoms with Crippen LogP contribution >= 0.6 is 0 Å². The molecule has 0 amide bonds. The lowest BCUT2D eigenvalue weighted by Crippen LogP contribution is -2.57. The molecule has 3 nitrogen and oxygen atoms in total. The van der Waals surface area contributed by atoms with E-state index in [9.17, 15) is 31.1 Å². The van der Waals surface area contributed by atoms with Gasteiger partial charge in [-0.25, -0.2) is 4.79 Å². The minimum absolute atomic E-state index is 1.39. The topological polar surface area (TPSA) is 57.5 Å². The molecule has 9 heteroatoms. The monoisotopic (exact) mass is 252 g/mol. The van der Waals surface area contributed by atoms with Gasteiger partial charge >= 0.3 is 18.3 Å². The molecule has 16 heavy (non-hydrogen) atoms. The standard InChI is InChI=1S/C7H6F6O3/c1-3(4(14)15)2-5(16,6(8,9)10)7(11,12)13/h16H,1-2H2,(H,14,15). The number of hydrogen-bond acceptors (Lipinski definition) is 2. The number of carboxylic acids is 1. The maximum atomic E-state index is 12.0. The van der Waals surface area contributed by atoms with Crippen LogP contribution in [-0.4, -0.2) is 34.1 Å². The van der Waals surface area contributed by atoms with Crippen molar-refractivity contribution >= 4 is 5.97 Å². The van der Waals surface area contributed by atoms with Gasteiger partial charge in [0.1, 0.15) is 0 Å². The highest BCUT2D eigenvalue weighted by Gasteiger charge is 2.70. The number of alkyl halides is 6. The van der Waals surface area contributed by atoms with E-state index >= 15 is 0 Å². The van der Waals surface area contributed by atoms with Crippen molar-refractivity contribution in [2.75, 3.05) is 0 Å². The molecule has 0 aliphatic rings. The lowest BCUT2D eigenvalue weighted by Gasteiger charge is -2.32. The molecule has 0 spiro atoms. The third-order valence-corrected chi connectivity index (χ3v) is 1.71. The summed E-state index contributed by atoms with van der Waals surface area (Å²) in [5, 5.41) is 16.7. The van der Waals surface area contributed by atoms with Crippen molar-refractivity contribution < 1.29 is 41.4 Å². The van der Waals surface area contributed by atoms with Gasteiger partial charge in [-0.1, -0.05) is 6.58 Å². The van der Waals surface area contributed by atoms with Gasteiger partial charge in [0, 0.05) is 12.0 Å². The molecule has 94 valence electrons. The van der Waals surface area contributed by atoms with Crippen molar-refractivity contribution in [1.82, 2.24) is 0 Å². The third-order valence-electron chi connectivity index (χ3n) is 1.71. The van der Waals surface area contributed by atoms with Crippen LogP contribution in [0.15, 0.2) is 12.2 Å². The minimum Gasteiger partial charge on any atom is -0.478 e. The summed E-state index contributed by atoms with van der Waals surface area (Å²) in [7, 11) is 0. The van der Waals surface area contributed by atoms with Gasteiger partial charge in [0.15, 0.2) is 0 Å². The van der Waals surface area contributed by atoms with Gasteiger partial charge in [0.2, 0.25) is 0 Å². The van der Waals surface area contributed by atoms with Crippen molar-refractivity contribution in [3.63, 3.8) is 0 Å². The van der Waals surface area contributed by atoms with Gasteiger partial charge < -0.3 is 10.2 Å². The highest BCUT2D eigenvalue weighted by molar-refractivity contribution is 5.86. The van der Waals surface area contributed by atoms with Gasteiger partial charge in [-0.3, -0.25) is 0 Å². The summed E-state index contributed by atoms with van der Waals surface area (Å²) in [6.07, 6.45) is -14.2. The largest absolute Gasteiger partial charge is 0.478 e. The summed E-state index contributed by atoms with van der Waals surface area (Å²) in [6, 6.07) is 0. The lowest BCUT2D eigenvalue weighted by atomic mass is 9.93. The summed E-state index contributed by atoms with van der Waals surface area (Å²) < 4.78 is 72.1. The fourth-order valence-corrected chi connectivity index (χ4v) is 0.746. The first-order chi connectivity index (χ1) is 6.83. The number of rotatable bonds is 3. The second-order valence-corrected chi connectivity index (χ2v) is 2.94. The van der Waals surface area contributed by atoms with E-state index in [0.717, 1.165) is 0 Å². The second kappa shape index (κ2) is 3.96. The predicted octanol–water partition coefficient (Wildman–Crippen LogP) is 1.87. The number of aliphatic carboxylic acids is 1. The molecule has 0 saturated carbocycles. The van der Waals surface area contributed by atoms with Gasteiger partial charge in [-0.05, 0) is 0 Å². The average Bonchev–Trinajstić information content (AvgIpc) is 1.99. The first-order valence-electron chi connectivity index (χ1n) is 3.60. The Morgan fingerprint density at radius 1 is 1.06 bits per heavy atom. The van der Waals surface area contributed by atoms with Crippen LogP contribution in [0, 0.1) is 0 Å². The Balaban J connectivity index is 5.30.